The van der Waals surface area contributed by atoms with Crippen LogP contribution in [0.5, 0.6) is 0 Å². The molecule has 0 aliphatic rings. The van der Waals surface area contributed by atoms with Gasteiger partial charge < -0.3 is 0 Å². The summed E-state index contributed by atoms with van der Waals surface area (Å²) in [4.78, 5) is 24.0. The van der Waals surface area contributed by atoms with Crippen LogP contribution >= 0.6 is 0 Å². The first-order valence-electron chi connectivity index (χ1n) is 36.2. The summed E-state index contributed by atoms with van der Waals surface area (Å²) >= 11 is 0. The van der Waals surface area contributed by atoms with Gasteiger partial charge in [-0.25, -0.2) is 59.3 Å². The standard InChI is InChI=1S/C30H16F2N4.C28H12F2N4.C22H8F2N4.C20H6F2N6/c1-17-5-4-6-18(2)28(17)23-8-19(21-10-24(14-33)29(31)25(11-21)15-34)7-20(9-23)22-12-26(16-35)30(32)27(13-22)36-3;1-34-26-13-22(12-25(16-33)28(26)30)20-8-18(17-5-3-2-4-6-17)7-19(9-20)21-10-23(14-31)27(29)24(11-21)15-32;1-28-20-9-16(8-19(12-27)22(20)24)14-4-2-3-13(5-14)15-6-17(10-25)21(23)18(7-15)11-26;1-25-15-5-11(3-13(7-23)19(15)21)17-9-28-18(10-27-17)12-4-14(8-24)20(22)16(6-12)26-2/h4-13H,1-2H3;2-13H;2-9H;3-6,9-10H. The van der Waals surface area contributed by atoms with Crippen molar-refractivity contribution in [1.29, 1.82) is 57.9 Å². The fraction of sp³-hybridized carbons (Fsp3) is 0.0200. The molecule has 0 saturated carbocycles. The monoisotopic (exact) mass is 1650 g/mol. The van der Waals surface area contributed by atoms with Crippen LogP contribution in [-0.4, -0.2) is 9.97 Å². The third-order valence-electron chi connectivity index (χ3n) is 19.3. The molecule has 0 atom stereocenters. The minimum atomic E-state index is -0.896. The lowest BCUT2D eigenvalue weighted by atomic mass is 9.88. The summed E-state index contributed by atoms with van der Waals surface area (Å²) in [5, 5.41) is 101. The molecule has 0 bridgehead atoms. The molecule has 0 aliphatic carbocycles. The predicted octanol–water partition coefficient (Wildman–Crippen LogP) is 25.3. The Morgan fingerprint density at radius 2 is 0.405 bits per heavy atom. The summed E-state index contributed by atoms with van der Waals surface area (Å²) in [6, 6.07) is 73.6. The molecule has 0 fully saturated rings. The van der Waals surface area contributed by atoms with Gasteiger partial charge in [-0.1, -0.05) is 66.7 Å². The van der Waals surface area contributed by atoms with Crippen LogP contribution in [0.15, 0.2) is 219 Å². The van der Waals surface area contributed by atoms with E-state index >= 15 is 0 Å². The highest BCUT2D eigenvalue weighted by molar-refractivity contribution is 5.88. The van der Waals surface area contributed by atoms with E-state index < -0.39 is 46.5 Å². The Bertz CT molecular complexity index is 7000. The van der Waals surface area contributed by atoms with Crippen LogP contribution < -0.4 is 0 Å². The minimum Gasteiger partial charge on any atom is -0.252 e. The number of hydrogen-bond acceptors (Lipinski definition) is 13. The molecule has 14 rings (SSSR count). The summed E-state index contributed by atoms with van der Waals surface area (Å²) in [6.07, 6.45) is 2.68. The summed E-state index contributed by atoms with van der Waals surface area (Å²) in [5.74, 6) is -7.05. The van der Waals surface area contributed by atoms with Crippen molar-refractivity contribution in [3.63, 3.8) is 0 Å². The zero-order valence-electron chi connectivity index (χ0n) is 64.9. The Morgan fingerprint density at radius 1 is 0.214 bits per heavy atom. The molecule has 13 aromatic carbocycles. The summed E-state index contributed by atoms with van der Waals surface area (Å²) in [7, 11) is 0. The van der Waals surface area contributed by atoms with Gasteiger partial charge in [0.1, 0.15) is 95.8 Å². The van der Waals surface area contributed by atoms with E-state index in [-0.39, 0.29) is 101 Å². The molecule has 0 unspecified atom stereocenters. The maximum Gasteiger partial charge on any atom is 0.224 e. The Balaban J connectivity index is 0.000000164. The number of hydrogen-bond donors (Lipinski definition) is 0. The number of benzene rings is 13. The molecule has 26 heteroatoms. The van der Waals surface area contributed by atoms with Gasteiger partial charge in [0.2, 0.25) is 28.4 Å². The van der Waals surface area contributed by atoms with Crippen molar-refractivity contribution in [2.75, 3.05) is 0 Å². The summed E-state index contributed by atoms with van der Waals surface area (Å²) in [5.41, 5.74) is 8.63. The quantitative estimate of drug-likeness (QED) is 0.0909. The molecule has 1 heterocycles. The van der Waals surface area contributed by atoms with Crippen LogP contribution in [0.2, 0.25) is 0 Å². The van der Waals surface area contributed by atoms with Crippen molar-refractivity contribution in [2.24, 2.45) is 0 Å². The first kappa shape index (κ1) is 87.1. The second-order valence-corrected chi connectivity index (χ2v) is 26.8. The van der Waals surface area contributed by atoms with Gasteiger partial charge in [-0.05, 0) is 265 Å². The van der Waals surface area contributed by atoms with E-state index in [2.05, 4.69) is 34.2 Å². The average molecular weight is 1650 g/mol. The highest BCUT2D eigenvalue weighted by Gasteiger charge is 2.23. The largest absolute Gasteiger partial charge is 0.252 e. The molecule has 126 heavy (non-hydrogen) atoms. The lowest BCUT2D eigenvalue weighted by molar-refractivity contribution is 0.620. The SMILES string of the molecule is [C-]#[N+]c1cc(-c2cc(-c3cc(C#N)c(F)c(C#N)c3)cc(-c3c(C)cccc3C)c2)cc(C#N)c1F.[C-]#[N+]c1cc(-c2cc(-c3ccccc3)cc(-c3cc(C#N)c(F)c(C#N)c3)c2)cc(C#N)c1F.[C-]#[N+]c1cc(-c2cccc(-c3cc(C#N)c(F)c(C#N)c3)c2)cc(C#N)c1F.[C-]#[N+]c1cc(-c2cnc(-c3cc(C#N)c(F)c([N+]#[C-])c3)cn2)cc(C#N)c1F. The third-order valence-corrected chi connectivity index (χ3v) is 19.3. The van der Waals surface area contributed by atoms with Gasteiger partial charge in [-0.15, -0.1) is 0 Å². The van der Waals surface area contributed by atoms with E-state index in [1.54, 1.807) is 103 Å². The number of aromatic nitrogens is 2. The van der Waals surface area contributed by atoms with Crippen molar-refractivity contribution in [1.82, 2.24) is 9.97 Å². The smallest absolute Gasteiger partial charge is 0.224 e. The van der Waals surface area contributed by atoms with E-state index in [0.29, 0.717) is 77.9 Å². The lowest BCUT2D eigenvalue weighted by Crippen LogP contribution is -1.94. The fourth-order valence-corrected chi connectivity index (χ4v) is 13.2. The first-order valence-corrected chi connectivity index (χ1v) is 36.2. The molecule has 0 amide bonds. The topological polar surface area (TPSA) is 309 Å². The molecule has 14 aromatic rings. The summed E-state index contributed by atoms with van der Waals surface area (Å²) < 4.78 is 113. The van der Waals surface area contributed by atoms with Gasteiger partial charge in [0.15, 0.2) is 17.5 Å². The van der Waals surface area contributed by atoms with Crippen molar-refractivity contribution < 1.29 is 35.1 Å². The van der Waals surface area contributed by atoms with E-state index in [9.17, 15) is 66.7 Å². The Morgan fingerprint density at radius 3 is 0.667 bits per heavy atom. The molecule has 0 radical (unpaired) electrons. The maximum atomic E-state index is 14.4. The van der Waals surface area contributed by atoms with Gasteiger partial charge in [0, 0.05) is 0 Å². The van der Waals surface area contributed by atoms with Crippen molar-refractivity contribution in [3.8, 4) is 178 Å². The van der Waals surface area contributed by atoms with Crippen LogP contribution in [0.4, 0.5) is 63.6 Å². The van der Waals surface area contributed by atoms with E-state index in [1.807, 2.05) is 86.6 Å². The Hall–Kier alpha value is -19.8. The van der Waals surface area contributed by atoms with Crippen molar-refractivity contribution in [2.45, 2.75) is 13.8 Å². The van der Waals surface area contributed by atoms with Crippen molar-refractivity contribution >= 4 is 28.4 Å². The first-order chi connectivity index (χ1) is 60.8. The molecule has 0 saturated heterocycles. The second-order valence-electron chi connectivity index (χ2n) is 26.8. The van der Waals surface area contributed by atoms with Crippen LogP contribution in [-0.2, 0) is 0 Å². The Labute approximate surface area is 714 Å². The number of rotatable bonds is 10. The van der Waals surface area contributed by atoms with E-state index in [4.69, 9.17) is 59.2 Å². The van der Waals surface area contributed by atoms with Gasteiger partial charge >= 0.3 is 0 Å². The normalized spacial score (nSPS) is 9.86. The van der Waals surface area contributed by atoms with Crippen LogP contribution in [0, 0.1) is 218 Å². The lowest BCUT2D eigenvalue weighted by Gasteiger charge is -2.16. The van der Waals surface area contributed by atoms with Gasteiger partial charge in [0.05, 0.1) is 118 Å². The zero-order chi connectivity index (χ0) is 90.7. The van der Waals surface area contributed by atoms with Gasteiger partial charge in [-0.2, -0.15) is 57.9 Å². The third kappa shape index (κ3) is 18.3. The van der Waals surface area contributed by atoms with Crippen LogP contribution in [0.1, 0.15) is 72.3 Å². The number of nitriles is 11. The maximum absolute atomic E-state index is 14.4. The number of aryl methyl sites for hydroxylation is 2. The molecule has 588 valence electrons. The molecular formula is C100H42F8N18. The number of halogens is 8. The zero-order valence-corrected chi connectivity index (χ0v) is 64.9. The fourth-order valence-electron chi connectivity index (χ4n) is 13.2. The molecule has 0 N–H and O–H groups in total. The van der Waals surface area contributed by atoms with E-state index in [1.165, 1.54) is 109 Å². The van der Waals surface area contributed by atoms with Gasteiger partial charge in [0.25, 0.3) is 0 Å². The average Bonchev–Trinajstić information content (AvgIpc) is 0.772. The molecule has 0 spiro atoms. The van der Waals surface area contributed by atoms with Gasteiger partial charge in [-0.3, -0.25) is 9.97 Å². The molecule has 1 aromatic heterocycles. The highest BCUT2D eigenvalue weighted by Crippen LogP contribution is 2.42. The highest BCUT2D eigenvalue weighted by atomic mass is 19.2. The van der Waals surface area contributed by atoms with E-state index in [0.717, 1.165) is 33.4 Å². The predicted molar refractivity (Wildman–Crippen MR) is 448 cm³/mol. The van der Waals surface area contributed by atoms with Crippen LogP contribution in [0.25, 0.3) is 136 Å². The van der Waals surface area contributed by atoms with Crippen LogP contribution in [0.3, 0.4) is 0 Å². The summed E-state index contributed by atoms with van der Waals surface area (Å²) in [6.45, 7) is 39.6. The molecule has 18 nitrogen and oxygen atoms in total. The molecule has 0 aliphatic heterocycles. The number of nitrogens with zero attached hydrogens (tertiary/aromatic N) is 18. The van der Waals surface area contributed by atoms with Crippen molar-refractivity contribution in [3.05, 3.63) is 395 Å². The molecular weight excluding hydrogens is 1610 g/mol. The second kappa shape index (κ2) is 38.5. The minimum absolute atomic E-state index is 0.241. The Kier molecular flexibility index (Phi) is 26.6.